The monoisotopic (exact) mass is 479 g/mol. The molecule has 0 unspecified atom stereocenters. The van der Waals surface area contributed by atoms with Gasteiger partial charge in [-0.3, -0.25) is 19.6 Å². The van der Waals surface area contributed by atoms with Crippen LogP contribution < -0.4 is 16.1 Å². The van der Waals surface area contributed by atoms with Crippen LogP contribution in [0.2, 0.25) is 0 Å². The minimum Gasteiger partial charge on any atom is -0.353 e. The molecule has 0 bridgehead atoms. The van der Waals surface area contributed by atoms with Gasteiger partial charge in [0.05, 0.1) is 0 Å². The van der Waals surface area contributed by atoms with Crippen LogP contribution in [-0.4, -0.2) is 35.5 Å². The smallest absolute Gasteiger partial charge is 0.252 e. The standard InChI is InChI=1S/C27H30FN3O4/c28-22-12-10-21(11-13-22)24(27(34)30-23-14-15-23)18-20-7-5-19(6-8-20)9-16-25(32)29-17-3-1-2-4-26(33)31-35/h5-13,16,18,23,35H,1-4,14-15,17H2,(H,29,32)(H,30,34)(H,31,33)/b16-9?,24-18+. The van der Waals surface area contributed by atoms with E-state index in [9.17, 15) is 18.8 Å². The quantitative estimate of drug-likeness (QED) is 0.122. The van der Waals surface area contributed by atoms with Crippen LogP contribution in [0.4, 0.5) is 4.39 Å². The summed E-state index contributed by atoms with van der Waals surface area (Å²) in [5, 5.41) is 14.2. The van der Waals surface area contributed by atoms with Crippen molar-refractivity contribution in [1.82, 2.24) is 16.1 Å². The van der Waals surface area contributed by atoms with Gasteiger partial charge in [0.1, 0.15) is 5.82 Å². The average molecular weight is 480 g/mol. The molecule has 1 aliphatic carbocycles. The summed E-state index contributed by atoms with van der Waals surface area (Å²) < 4.78 is 13.4. The van der Waals surface area contributed by atoms with Crippen LogP contribution in [0, 0.1) is 5.82 Å². The third kappa shape index (κ3) is 9.17. The Kier molecular flexibility index (Phi) is 9.74. The third-order valence-electron chi connectivity index (χ3n) is 5.49. The summed E-state index contributed by atoms with van der Waals surface area (Å²) in [5.74, 6) is -1.16. The summed E-state index contributed by atoms with van der Waals surface area (Å²) in [5.41, 5.74) is 4.34. The van der Waals surface area contributed by atoms with Crippen LogP contribution >= 0.6 is 0 Å². The van der Waals surface area contributed by atoms with Gasteiger partial charge in [0.15, 0.2) is 0 Å². The number of hydrogen-bond acceptors (Lipinski definition) is 4. The molecule has 3 rings (SSSR count). The SMILES string of the molecule is O=C(C=Cc1ccc(/C=C(/C(=O)NC2CC2)c2ccc(F)cc2)cc1)NCCCCCC(=O)NO. The van der Waals surface area contributed by atoms with Gasteiger partial charge in [-0.15, -0.1) is 0 Å². The number of rotatable bonds is 12. The first kappa shape index (κ1) is 25.8. The van der Waals surface area contributed by atoms with Crippen molar-refractivity contribution in [2.45, 2.75) is 44.6 Å². The van der Waals surface area contributed by atoms with Gasteiger partial charge in [0, 0.05) is 30.7 Å². The molecule has 7 nitrogen and oxygen atoms in total. The van der Waals surface area contributed by atoms with E-state index in [0.29, 0.717) is 24.1 Å². The zero-order chi connectivity index (χ0) is 25.0. The number of carbonyl (C=O) groups excluding carboxylic acids is 3. The first-order valence-electron chi connectivity index (χ1n) is 11.7. The highest BCUT2D eigenvalue weighted by atomic mass is 19.1. The highest BCUT2D eigenvalue weighted by molar-refractivity contribution is 6.24. The maximum Gasteiger partial charge on any atom is 0.252 e. The molecule has 2 aromatic rings. The lowest BCUT2D eigenvalue weighted by molar-refractivity contribution is -0.129. The minimum absolute atomic E-state index is 0.184. The number of hydrogen-bond donors (Lipinski definition) is 4. The Morgan fingerprint density at radius 2 is 1.63 bits per heavy atom. The molecular weight excluding hydrogens is 449 g/mol. The van der Waals surface area contributed by atoms with E-state index in [0.717, 1.165) is 36.8 Å². The lowest BCUT2D eigenvalue weighted by Crippen LogP contribution is -2.26. The van der Waals surface area contributed by atoms with E-state index < -0.39 is 5.91 Å². The average Bonchev–Trinajstić information content (AvgIpc) is 3.68. The van der Waals surface area contributed by atoms with Gasteiger partial charge in [-0.25, -0.2) is 9.87 Å². The van der Waals surface area contributed by atoms with Crippen molar-refractivity contribution in [1.29, 1.82) is 0 Å². The molecule has 8 heteroatoms. The van der Waals surface area contributed by atoms with Crippen molar-refractivity contribution in [2.24, 2.45) is 0 Å². The normalized spacial score (nSPS) is 13.5. The minimum atomic E-state index is -0.410. The molecule has 0 atom stereocenters. The maximum atomic E-state index is 13.4. The molecule has 35 heavy (non-hydrogen) atoms. The number of halogens is 1. The molecule has 3 amide bonds. The summed E-state index contributed by atoms with van der Waals surface area (Å²) >= 11 is 0. The van der Waals surface area contributed by atoms with Gasteiger partial charge < -0.3 is 10.6 Å². The summed E-state index contributed by atoms with van der Waals surface area (Å²) in [6.45, 7) is 0.503. The molecule has 4 N–H and O–H groups in total. The van der Waals surface area contributed by atoms with Crippen LogP contribution in [0.1, 0.15) is 55.2 Å². The molecule has 0 aliphatic heterocycles. The van der Waals surface area contributed by atoms with Gasteiger partial charge in [0.25, 0.3) is 5.91 Å². The van der Waals surface area contributed by atoms with Crippen molar-refractivity contribution in [3.8, 4) is 0 Å². The number of carbonyl (C=O) groups is 3. The molecule has 0 aromatic heterocycles. The second-order valence-electron chi connectivity index (χ2n) is 8.45. The first-order chi connectivity index (χ1) is 16.9. The van der Waals surface area contributed by atoms with Gasteiger partial charge in [-0.2, -0.15) is 0 Å². The Hall–Kier alpha value is -3.78. The van der Waals surface area contributed by atoms with E-state index >= 15 is 0 Å². The lowest BCUT2D eigenvalue weighted by Gasteiger charge is -2.09. The predicted octanol–water partition coefficient (Wildman–Crippen LogP) is 3.84. The van der Waals surface area contributed by atoms with Crippen molar-refractivity contribution in [2.75, 3.05) is 6.54 Å². The van der Waals surface area contributed by atoms with Crippen molar-refractivity contribution >= 4 is 35.4 Å². The Morgan fingerprint density at radius 3 is 2.29 bits per heavy atom. The molecule has 2 aromatic carbocycles. The molecule has 1 aliphatic rings. The van der Waals surface area contributed by atoms with Crippen LogP contribution in [0.25, 0.3) is 17.7 Å². The number of benzene rings is 2. The predicted molar refractivity (Wildman–Crippen MR) is 132 cm³/mol. The summed E-state index contributed by atoms with van der Waals surface area (Å²) in [6.07, 6.45) is 9.29. The zero-order valence-corrected chi connectivity index (χ0v) is 19.4. The molecular formula is C27H30FN3O4. The number of unbranched alkanes of at least 4 members (excludes halogenated alkanes) is 2. The van der Waals surface area contributed by atoms with Gasteiger partial charge >= 0.3 is 0 Å². The third-order valence-corrected chi connectivity index (χ3v) is 5.49. The highest BCUT2D eigenvalue weighted by Crippen LogP contribution is 2.24. The van der Waals surface area contributed by atoms with Crippen molar-refractivity contribution in [3.63, 3.8) is 0 Å². The largest absolute Gasteiger partial charge is 0.353 e. The fourth-order valence-corrected chi connectivity index (χ4v) is 3.36. The van der Waals surface area contributed by atoms with Crippen molar-refractivity contribution < 1.29 is 24.0 Å². The van der Waals surface area contributed by atoms with Gasteiger partial charge in [-0.1, -0.05) is 42.8 Å². The summed E-state index contributed by atoms with van der Waals surface area (Å²) in [6, 6.07) is 13.5. The molecule has 0 radical (unpaired) electrons. The van der Waals surface area contributed by atoms with Gasteiger partial charge in [0.2, 0.25) is 11.8 Å². The Balaban J connectivity index is 1.54. The molecule has 0 heterocycles. The van der Waals surface area contributed by atoms with Crippen LogP contribution in [0.5, 0.6) is 0 Å². The number of nitrogens with one attached hydrogen (secondary N) is 3. The van der Waals surface area contributed by atoms with E-state index in [1.807, 2.05) is 24.3 Å². The Labute approximate surface area is 204 Å². The fraction of sp³-hybridized carbons (Fsp3) is 0.296. The Bertz CT molecular complexity index is 1070. The van der Waals surface area contributed by atoms with Crippen LogP contribution in [-0.2, 0) is 14.4 Å². The van der Waals surface area contributed by atoms with Crippen molar-refractivity contribution in [3.05, 3.63) is 77.1 Å². The summed E-state index contributed by atoms with van der Waals surface area (Å²) in [7, 11) is 0. The van der Waals surface area contributed by atoms with Crippen LogP contribution in [0.15, 0.2) is 54.6 Å². The molecule has 1 fully saturated rings. The van der Waals surface area contributed by atoms with E-state index in [2.05, 4.69) is 10.6 Å². The second-order valence-corrected chi connectivity index (χ2v) is 8.45. The lowest BCUT2D eigenvalue weighted by atomic mass is 10.0. The second kappa shape index (κ2) is 13.2. The molecule has 0 spiro atoms. The fourth-order valence-electron chi connectivity index (χ4n) is 3.36. The van der Waals surface area contributed by atoms with Crippen LogP contribution in [0.3, 0.4) is 0 Å². The van der Waals surface area contributed by atoms with E-state index in [1.54, 1.807) is 29.8 Å². The molecule has 1 saturated carbocycles. The Morgan fingerprint density at radius 1 is 0.943 bits per heavy atom. The summed E-state index contributed by atoms with van der Waals surface area (Å²) in [4.78, 5) is 35.7. The number of amides is 3. The maximum absolute atomic E-state index is 13.4. The number of hydroxylamine groups is 1. The molecule has 184 valence electrons. The topological polar surface area (TPSA) is 108 Å². The first-order valence-corrected chi connectivity index (χ1v) is 11.7. The highest BCUT2D eigenvalue weighted by Gasteiger charge is 2.25. The van der Waals surface area contributed by atoms with Gasteiger partial charge in [-0.05, 0) is 66.7 Å². The zero-order valence-electron chi connectivity index (χ0n) is 19.4. The van der Waals surface area contributed by atoms with E-state index in [1.165, 1.54) is 18.2 Å². The van der Waals surface area contributed by atoms with E-state index in [-0.39, 0.29) is 30.1 Å². The molecule has 0 saturated heterocycles. The van der Waals surface area contributed by atoms with E-state index in [4.69, 9.17) is 5.21 Å².